The Morgan fingerprint density at radius 2 is 2.25 bits per heavy atom. The second kappa shape index (κ2) is 6.02. The van der Waals surface area contributed by atoms with E-state index in [0.29, 0.717) is 11.8 Å². The molecule has 0 aromatic carbocycles. The lowest BCUT2D eigenvalue weighted by atomic mass is 9.93. The molecule has 3 unspecified atom stereocenters. The molecule has 110 valence electrons. The third-order valence-corrected chi connectivity index (χ3v) is 4.16. The quantitative estimate of drug-likeness (QED) is 0.835. The van der Waals surface area contributed by atoms with Gasteiger partial charge in [-0.15, -0.1) is 5.10 Å². The van der Waals surface area contributed by atoms with E-state index < -0.39 is 5.97 Å². The zero-order valence-corrected chi connectivity index (χ0v) is 11.7. The van der Waals surface area contributed by atoms with Crippen LogP contribution in [0.3, 0.4) is 0 Å². The molecule has 2 rings (SSSR count). The van der Waals surface area contributed by atoms with Crippen molar-refractivity contribution in [3.8, 4) is 0 Å². The Balaban J connectivity index is 1.88. The molecule has 7 heteroatoms. The number of carbonyl (C=O) groups is 2. The van der Waals surface area contributed by atoms with Gasteiger partial charge < -0.3 is 10.4 Å². The minimum atomic E-state index is -1.15. The van der Waals surface area contributed by atoms with Crippen molar-refractivity contribution in [3.05, 3.63) is 11.9 Å². The topological polar surface area (TPSA) is 97.1 Å². The number of rotatable bonds is 5. The molecule has 1 aliphatic carbocycles. The number of nitrogens with one attached hydrogen (secondary N) is 1. The summed E-state index contributed by atoms with van der Waals surface area (Å²) in [5.41, 5.74) is -0.155. The molecule has 0 aliphatic heterocycles. The van der Waals surface area contributed by atoms with E-state index in [4.69, 9.17) is 5.11 Å². The van der Waals surface area contributed by atoms with E-state index in [9.17, 15) is 9.59 Å². The zero-order chi connectivity index (χ0) is 14.7. The van der Waals surface area contributed by atoms with Crippen molar-refractivity contribution in [3.63, 3.8) is 0 Å². The van der Waals surface area contributed by atoms with Crippen LogP contribution >= 0.6 is 0 Å². The zero-order valence-electron chi connectivity index (χ0n) is 11.7. The van der Waals surface area contributed by atoms with E-state index in [1.807, 2.05) is 0 Å². The number of carboxylic acid groups (broad SMARTS) is 1. The lowest BCUT2D eigenvalue weighted by molar-refractivity contribution is -0.122. The number of carbonyl (C=O) groups excluding carboxylic acids is 1. The maximum Gasteiger partial charge on any atom is 0.358 e. The summed E-state index contributed by atoms with van der Waals surface area (Å²) in [5.74, 6) is -0.146. The molecule has 1 aromatic rings. The highest BCUT2D eigenvalue weighted by Gasteiger charge is 2.32. The molecule has 1 aromatic heterocycles. The van der Waals surface area contributed by atoms with Crippen LogP contribution in [0.15, 0.2) is 6.20 Å². The summed E-state index contributed by atoms with van der Waals surface area (Å²) >= 11 is 0. The highest BCUT2D eigenvalue weighted by Crippen LogP contribution is 2.33. The summed E-state index contributed by atoms with van der Waals surface area (Å²) in [5, 5.41) is 18.8. The second-order valence-corrected chi connectivity index (χ2v) is 5.39. The number of carboxylic acids is 1. The molecule has 7 nitrogen and oxygen atoms in total. The Labute approximate surface area is 117 Å². The summed E-state index contributed by atoms with van der Waals surface area (Å²) in [4.78, 5) is 22.6. The molecule has 0 bridgehead atoms. The number of hydrogen-bond donors (Lipinski definition) is 2. The van der Waals surface area contributed by atoms with Crippen LogP contribution in [0.4, 0.5) is 0 Å². The van der Waals surface area contributed by atoms with Gasteiger partial charge in [0.2, 0.25) is 5.91 Å². The van der Waals surface area contributed by atoms with Gasteiger partial charge in [-0.2, -0.15) is 0 Å². The fourth-order valence-electron chi connectivity index (χ4n) is 2.90. The van der Waals surface area contributed by atoms with Gasteiger partial charge in [0, 0.05) is 6.04 Å². The highest BCUT2D eigenvalue weighted by atomic mass is 16.4. The Bertz CT molecular complexity index is 500. The Hall–Kier alpha value is -1.92. The van der Waals surface area contributed by atoms with E-state index in [1.165, 1.54) is 10.9 Å². The molecule has 1 heterocycles. The molecule has 1 saturated carbocycles. The molecule has 0 saturated heterocycles. The standard InChI is InChI=1S/C13H20N4O3/c1-3-9-4-5-10(8(9)2)14-12(18)7-17-6-11(13(19)20)15-16-17/h6,8-10H,3-5,7H2,1-2H3,(H,14,18)(H,19,20). The average molecular weight is 280 g/mol. The van der Waals surface area contributed by atoms with Crippen LogP contribution in [-0.2, 0) is 11.3 Å². The summed E-state index contributed by atoms with van der Waals surface area (Å²) < 4.78 is 1.25. The van der Waals surface area contributed by atoms with Crippen LogP contribution in [-0.4, -0.2) is 38.0 Å². The third-order valence-electron chi connectivity index (χ3n) is 4.16. The van der Waals surface area contributed by atoms with Crippen molar-refractivity contribution in [2.24, 2.45) is 11.8 Å². The van der Waals surface area contributed by atoms with Crippen LogP contribution in [0.25, 0.3) is 0 Å². The summed E-state index contributed by atoms with van der Waals surface area (Å²) in [7, 11) is 0. The lowest BCUT2D eigenvalue weighted by Gasteiger charge is -2.20. The van der Waals surface area contributed by atoms with E-state index in [1.54, 1.807) is 0 Å². The molecular weight excluding hydrogens is 260 g/mol. The minimum absolute atomic E-state index is 0.000289. The summed E-state index contributed by atoms with van der Waals surface area (Å²) in [6.07, 6.45) is 4.55. The number of nitrogens with zero attached hydrogens (tertiary/aromatic N) is 3. The first-order chi connectivity index (χ1) is 9.51. The summed E-state index contributed by atoms with van der Waals surface area (Å²) in [6.45, 7) is 4.35. The fourth-order valence-corrected chi connectivity index (χ4v) is 2.90. The first-order valence-corrected chi connectivity index (χ1v) is 6.94. The van der Waals surface area contributed by atoms with Crippen LogP contribution in [0.2, 0.25) is 0 Å². The first-order valence-electron chi connectivity index (χ1n) is 6.94. The van der Waals surface area contributed by atoms with Crippen LogP contribution in [0, 0.1) is 11.8 Å². The molecule has 1 amide bonds. The van der Waals surface area contributed by atoms with Crippen LogP contribution < -0.4 is 5.32 Å². The van der Waals surface area contributed by atoms with Gasteiger partial charge in [0.05, 0.1) is 6.20 Å². The molecule has 20 heavy (non-hydrogen) atoms. The smallest absolute Gasteiger partial charge is 0.358 e. The summed E-state index contributed by atoms with van der Waals surface area (Å²) in [6, 6.07) is 0.204. The predicted octanol–water partition coefficient (Wildman–Crippen LogP) is 0.917. The normalized spacial score (nSPS) is 25.6. The van der Waals surface area contributed by atoms with Crippen molar-refractivity contribution < 1.29 is 14.7 Å². The molecule has 3 atom stereocenters. The molecule has 0 radical (unpaired) electrons. The second-order valence-electron chi connectivity index (χ2n) is 5.39. The molecule has 0 spiro atoms. The van der Waals surface area contributed by atoms with Crippen molar-refractivity contribution in [1.82, 2.24) is 20.3 Å². The number of hydrogen-bond acceptors (Lipinski definition) is 4. The van der Waals surface area contributed by atoms with Gasteiger partial charge in [-0.1, -0.05) is 25.5 Å². The van der Waals surface area contributed by atoms with Gasteiger partial charge in [0.1, 0.15) is 6.54 Å². The fraction of sp³-hybridized carbons (Fsp3) is 0.692. The Morgan fingerprint density at radius 1 is 1.50 bits per heavy atom. The van der Waals surface area contributed by atoms with Crippen molar-refractivity contribution in [1.29, 1.82) is 0 Å². The molecule has 2 N–H and O–H groups in total. The first kappa shape index (κ1) is 14.5. The minimum Gasteiger partial charge on any atom is -0.476 e. The van der Waals surface area contributed by atoms with Crippen molar-refractivity contribution >= 4 is 11.9 Å². The van der Waals surface area contributed by atoms with Gasteiger partial charge in [-0.05, 0) is 24.7 Å². The Morgan fingerprint density at radius 3 is 2.80 bits per heavy atom. The van der Waals surface area contributed by atoms with Gasteiger partial charge in [0.15, 0.2) is 5.69 Å². The SMILES string of the molecule is CCC1CCC(NC(=O)Cn2cc(C(=O)O)nn2)C1C. The van der Waals surface area contributed by atoms with Gasteiger partial charge >= 0.3 is 5.97 Å². The van der Waals surface area contributed by atoms with E-state index >= 15 is 0 Å². The van der Waals surface area contributed by atoms with Crippen LogP contribution in [0.1, 0.15) is 43.6 Å². The largest absolute Gasteiger partial charge is 0.476 e. The van der Waals surface area contributed by atoms with Crippen LogP contribution in [0.5, 0.6) is 0 Å². The predicted molar refractivity (Wildman–Crippen MR) is 71.1 cm³/mol. The number of aromatic nitrogens is 3. The average Bonchev–Trinajstić information content (AvgIpc) is 2.98. The monoisotopic (exact) mass is 280 g/mol. The molecule has 1 fully saturated rings. The van der Waals surface area contributed by atoms with Gasteiger partial charge in [-0.3, -0.25) is 4.79 Å². The highest BCUT2D eigenvalue weighted by molar-refractivity contribution is 5.84. The maximum atomic E-state index is 11.9. The van der Waals surface area contributed by atoms with E-state index in [-0.39, 0.29) is 24.2 Å². The van der Waals surface area contributed by atoms with E-state index in [0.717, 1.165) is 19.3 Å². The van der Waals surface area contributed by atoms with Crippen molar-refractivity contribution in [2.45, 2.75) is 45.7 Å². The van der Waals surface area contributed by atoms with E-state index in [2.05, 4.69) is 29.5 Å². The van der Waals surface area contributed by atoms with Crippen molar-refractivity contribution in [2.75, 3.05) is 0 Å². The molecule has 1 aliphatic rings. The molecular formula is C13H20N4O3. The Kier molecular flexibility index (Phi) is 4.36. The number of amides is 1. The maximum absolute atomic E-state index is 11.9. The third kappa shape index (κ3) is 3.15. The lowest BCUT2D eigenvalue weighted by Crippen LogP contribution is -2.39. The number of aromatic carboxylic acids is 1. The van der Waals surface area contributed by atoms with Gasteiger partial charge in [0.25, 0.3) is 0 Å². The van der Waals surface area contributed by atoms with Gasteiger partial charge in [-0.25, -0.2) is 9.48 Å².